The number of aromatic amines is 1. The molecule has 1 aliphatic heterocycles. The highest BCUT2D eigenvalue weighted by molar-refractivity contribution is 7.32. The number of aliphatic hydroxyl groups excluding tert-OH is 1. The molecule has 2 rings (SSSR count). The first-order chi connectivity index (χ1) is 9.81. The fourth-order valence-corrected chi connectivity index (χ4v) is 2.64. The molecule has 2 unspecified atom stereocenters. The third-order valence-electron chi connectivity index (χ3n) is 3.04. The first kappa shape index (κ1) is 16.1. The van der Waals surface area contributed by atoms with Gasteiger partial charge in [0, 0.05) is 12.3 Å². The molecule has 1 aromatic heterocycles. The minimum atomic E-state index is -3.46. The number of rotatable bonds is 4. The maximum atomic E-state index is 14.3. The minimum Gasteiger partial charge on any atom is -0.391 e. The van der Waals surface area contributed by atoms with Crippen LogP contribution in [-0.2, 0) is 13.8 Å². The van der Waals surface area contributed by atoms with Crippen LogP contribution in [0.5, 0.6) is 0 Å². The van der Waals surface area contributed by atoms with Gasteiger partial charge < -0.3 is 19.3 Å². The van der Waals surface area contributed by atoms with Gasteiger partial charge in [0.25, 0.3) is 5.56 Å². The van der Waals surface area contributed by atoms with E-state index < -0.39 is 50.2 Å². The van der Waals surface area contributed by atoms with Gasteiger partial charge in [0.05, 0.1) is 6.10 Å². The van der Waals surface area contributed by atoms with Crippen molar-refractivity contribution in [2.24, 2.45) is 0 Å². The molecule has 1 fully saturated rings. The Morgan fingerprint density at radius 2 is 2.24 bits per heavy atom. The van der Waals surface area contributed by atoms with E-state index in [4.69, 9.17) is 9.63 Å². The molecule has 1 aliphatic rings. The molecule has 0 radical (unpaired) electrons. The van der Waals surface area contributed by atoms with Crippen molar-refractivity contribution in [2.75, 3.05) is 0 Å². The molecule has 118 valence electrons. The summed E-state index contributed by atoms with van der Waals surface area (Å²) in [7, 11) is -3.46. The van der Waals surface area contributed by atoms with Crippen molar-refractivity contribution in [2.45, 2.75) is 37.6 Å². The number of nitrogens with zero attached hydrogens (tertiary/aromatic N) is 1. The van der Waals surface area contributed by atoms with Crippen LogP contribution in [-0.4, -0.2) is 44.0 Å². The molecule has 6 atom stereocenters. The largest absolute Gasteiger partial charge is 0.391 e. The number of hydrogen-bond acceptors (Lipinski definition) is 6. The lowest BCUT2D eigenvalue weighted by atomic mass is 10.1. The molecule has 9 nitrogen and oxygen atoms in total. The summed E-state index contributed by atoms with van der Waals surface area (Å²) < 4.78 is 35.7. The van der Waals surface area contributed by atoms with Crippen molar-refractivity contribution >= 4 is 8.25 Å². The summed E-state index contributed by atoms with van der Waals surface area (Å²) in [5.41, 5.74) is -1.57. The quantitative estimate of drug-likeness (QED) is 0.600. The SMILES string of the molecule is C[C@@H](O)[C@H]1O[C@@H](n2ccc(=O)[nH]c2=O)[C@@H](F)C1O[PH](=O)O. The topological polar surface area (TPSA) is 131 Å². The highest BCUT2D eigenvalue weighted by Gasteiger charge is 2.49. The van der Waals surface area contributed by atoms with Crippen molar-refractivity contribution in [3.8, 4) is 0 Å². The second kappa shape index (κ2) is 6.20. The molecule has 0 aromatic carbocycles. The molecule has 0 spiro atoms. The Balaban J connectivity index is 2.35. The Hall–Kier alpha value is -1.32. The van der Waals surface area contributed by atoms with E-state index >= 15 is 0 Å². The molecule has 0 aliphatic carbocycles. The zero-order chi connectivity index (χ0) is 15.7. The minimum absolute atomic E-state index is 0.662. The second-order valence-corrected chi connectivity index (χ2v) is 5.31. The number of ether oxygens (including phenoxy) is 1. The molecular weight excluding hydrogens is 310 g/mol. The smallest absolute Gasteiger partial charge is 0.330 e. The number of aliphatic hydroxyl groups is 1. The Morgan fingerprint density at radius 3 is 2.76 bits per heavy atom. The van der Waals surface area contributed by atoms with Crippen LogP contribution >= 0.6 is 8.25 Å². The van der Waals surface area contributed by atoms with E-state index in [1.54, 1.807) is 0 Å². The van der Waals surface area contributed by atoms with Crippen LogP contribution in [0.15, 0.2) is 21.9 Å². The number of H-pyrrole nitrogens is 1. The van der Waals surface area contributed by atoms with Crippen LogP contribution < -0.4 is 11.2 Å². The van der Waals surface area contributed by atoms with Crippen molar-refractivity contribution in [1.29, 1.82) is 0 Å². The molecule has 0 amide bonds. The average molecular weight is 324 g/mol. The molecule has 3 N–H and O–H groups in total. The van der Waals surface area contributed by atoms with Gasteiger partial charge in [-0.05, 0) is 6.92 Å². The number of nitrogens with one attached hydrogen (secondary N) is 1. The normalized spacial score (nSPS) is 32.0. The van der Waals surface area contributed by atoms with Gasteiger partial charge in [-0.3, -0.25) is 18.9 Å². The third-order valence-corrected chi connectivity index (χ3v) is 3.52. The Bertz CT molecular complexity index is 645. The lowest BCUT2D eigenvalue weighted by Crippen LogP contribution is -2.37. The molecule has 1 aromatic rings. The maximum absolute atomic E-state index is 14.3. The van der Waals surface area contributed by atoms with Crippen LogP contribution in [0.2, 0.25) is 0 Å². The van der Waals surface area contributed by atoms with Gasteiger partial charge in [-0.2, -0.15) is 0 Å². The van der Waals surface area contributed by atoms with E-state index in [1.807, 2.05) is 4.98 Å². The third kappa shape index (κ3) is 3.30. The number of halogens is 1. The Morgan fingerprint density at radius 1 is 1.57 bits per heavy atom. The van der Waals surface area contributed by atoms with E-state index in [1.165, 1.54) is 6.92 Å². The van der Waals surface area contributed by atoms with Gasteiger partial charge in [-0.1, -0.05) is 0 Å². The van der Waals surface area contributed by atoms with Gasteiger partial charge in [0.15, 0.2) is 12.4 Å². The summed E-state index contributed by atoms with van der Waals surface area (Å²) in [5, 5.41) is 9.54. The summed E-state index contributed by atoms with van der Waals surface area (Å²) >= 11 is 0. The molecule has 2 heterocycles. The number of aromatic nitrogens is 2. The number of alkyl halides is 1. The fourth-order valence-electron chi connectivity index (χ4n) is 2.14. The Kier molecular flexibility index (Phi) is 4.74. The standard InChI is InChI=1S/C10H14FN2O7P/c1-4(14)7-8(20-21(17)18)6(11)9(19-7)13-3-2-5(15)12-10(13)16/h2-4,6-9,14,21H,1H3,(H,17,18)(H,12,15,16)/t4-,6+,7-,8?,9-/m1/s1. The average Bonchev–Trinajstić information content (AvgIpc) is 2.67. The van der Waals surface area contributed by atoms with E-state index in [0.717, 1.165) is 16.8 Å². The second-order valence-electron chi connectivity index (χ2n) is 4.54. The molecule has 11 heteroatoms. The highest BCUT2D eigenvalue weighted by Crippen LogP contribution is 2.38. The van der Waals surface area contributed by atoms with E-state index in [-0.39, 0.29) is 0 Å². The lowest BCUT2D eigenvalue weighted by molar-refractivity contribution is -0.0756. The van der Waals surface area contributed by atoms with Gasteiger partial charge in [0.1, 0.15) is 12.2 Å². The molecule has 1 saturated heterocycles. The van der Waals surface area contributed by atoms with Gasteiger partial charge >= 0.3 is 13.9 Å². The van der Waals surface area contributed by atoms with Crippen molar-refractivity contribution in [1.82, 2.24) is 9.55 Å². The van der Waals surface area contributed by atoms with Gasteiger partial charge in [-0.15, -0.1) is 0 Å². The van der Waals surface area contributed by atoms with Crippen molar-refractivity contribution in [3.05, 3.63) is 33.1 Å². The summed E-state index contributed by atoms with van der Waals surface area (Å²) in [4.78, 5) is 33.3. The Labute approximate surface area is 117 Å². The van der Waals surface area contributed by atoms with E-state index in [9.17, 15) is 23.7 Å². The molecule has 0 bridgehead atoms. The zero-order valence-electron chi connectivity index (χ0n) is 10.8. The van der Waals surface area contributed by atoms with Crippen molar-refractivity contribution in [3.63, 3.8) is 0 Å². The van der Waals surface area contributed by atoms with Crippen LogP contribution in [0.3, 0.4) is 0 Å². The monoisotopic (exact) mass is 324 g/mol. The van der Waals surface area contributed by atoms with E-state index in [2.05, 4.69) is 4.52 Å². The summed E-state index contributed by atoms with van der Waals surface area (Å²) in [6.45, 7) is 1.29. The van der Waals surface area contributed by atoms with E-state index in [0.29, 0.717) is 0 Å². The first-order valence-electron chi connectivity index (χ1n) is 6.00. The van der Waals surface area contributed by atoms with Crippen molar-refractivity contribution < 1.29 is 28.2 Å². The number of hydrogen-bond donors (Lipinski definition) is 3. The van der Waals surface area contributed by atoms with Crippen LogP contribution in [0.1, 0.15) is 13.2 Å². The van der Waals surface area contributed by atoms with Crippen LogP contribution in [0.25, 0.3) is 0 Å². The first-order valence-corrected chi connectivity index (χ1v) is 7.26. The van der Waals surface area contributed by atoms with Gasteiger partial charge in [-0.25, -0.2) is 9.18 Å². The molecule has 21 heavy (non-hydrogen) atoms. The van der Waals surface area contributed by atoms with Gasteiger partial charge in [0.2, 0.25) is 0 Å². The summed E-state index contributed by atoms with van der Waals surface area (Å²) in [5.74, 6) is 0. The zero-order valence-corrected chi connectivity index (χ0v) is 11.8. The lowest BCUT2D eigenvalue weighted by Gasteiger charge is -2.19. The summed E-state index contributed by atoms with van der Waals surface area (Å²) in [6.07, 6.45) is -6.37. The van der Waals surface area contributed by atoms with Crippen LogP contribution in [0.4, 0.5) is 4.39 Å². The summed E-state index contributed by atoms with van der Waals surface area (Å²) in [6, 6.07) is 0.998. The molecular formula is C10H14FN2O7P. The predicted octanol–water partition coefficient (Wildman–Crippen LogP) is -1.08. The maximum Gasteiger partial charge on any atom is 0.330 e. The van der Waals surface area contributed by atoms with Crippen LogP contribution in [0, 0.1) is 0 Å². The fraction of sp³-hybridized carbons (Fsp3) is 0.600. The molecule has 0 saturated carbocycles. The predicted molar refractivity (Wildman–Crippen MR) is 67.9 cm³/mol. The highest BCUT2D eigenvalue weighted by atomic mass is 31.1.